The molecule has 0 amide bonds. The van der Waals surface area contributed by atoms with E-state index < -0.39 is 0 Å². The van der Waals surface area contributed by atoms with Gasteiger partial charge in [0, 0.05) is 22.3 Å². The maximum atomic E-state index is 12.5. The number of hydrogen-bond donors (Lipinski definition) is 1. The van der Waals surface area contributed by atoms with Crippen molar-refractivity contribution in [1.29, 1.82) is 0 Å². The smallest absolute Gasteiger partial charge is 0.170 e. The van der Waals surface area contributed by atoms with Crippen molar-refractivity contribution < 1.29 is 4.79 Å². The molecule has 0 bridgehead atoms. The summed E-state index contributed by atoms with van der Waals surface area (Å²) in [6, 6.07) is 5.25. The first-order valence-electron chi connectivity index (χ1n) is 6.24. The number of aryl methyl sites for hydroxylation is 2. The van der Waals surface area contributed by atoms with Gasteiger partial charge in [0.1, 0.15) is 0 Å². The molecule has 6 heteroatoms. The van der Waals surface area contributed by atoms with Gasteiger partial charge in [-0.1, -0.05) is 15.9 Å². The van der Waals surface area contributed by atoms with Crippen LogP contribution in [0, 0.1) is 6.92 Å². The van der Waals surface area contributed by atoms with E-state index in [1.54, 1.807) is 18.2 Å². The number of aromatic nitrogens is 2. The van der Waals surface area contributed by atoms with Gasteiger partial charge in [0.05, 0.1) is 22.3 Å². The van der Waals surface area contributed by atoms with Gasteiger partial charge in [0.15, 0.2) is 5.78 Å². The lowest BCUT2D eigenvalue weighted by Gasteiger charge is -2.07. The molecule has 20 heavy (non-hydrogen) atoms. The van der Waals surface area contributed by atoms with Crippen LogP contribution in [-0.4, -0.2) is 15.6 Å². The summed E-state index contributed by atoms with van der Waals surface area (Å²) < 4.78 is 3.50. The highest BCUT2D eigenvalue weighted by Crippen LogP contribution is 2.25. The van der Waals surface area contributed by atoms with E-state index in [1.165, 1.54) is 0 Å². The summed E-state index contributed by atoms with van der Waals surface area (Å²) in [6.45, 7) is 4.65. The highest BCUT2D eigenvalue weighted by Gasteiger charge is 2.18. The lowest BCUT2D eigenvalue weighted by atomic mass is 10.1. The molecule has 1 heterocycles. The number of ketones is 1. The van der Waals surface area contributed by atoms with Crippen LogP contribution in [0.3, 0.4) is 0 Å². The highest BCUT2D eigenvalue weighted by atomic mass is 79.9. The van der Waals surface area contributed by atoms with Crippen LogP contribution in [0.4, 0.5) is 5.69 Å². The minimum absolute atomic E-state index is 0.0134. The molecule has 106 valence electrons. The third kappa shape index (κ3) is 2.96. The van der Waals surface area contributed by atoms with Gasteiger partial charge < -0.3 is 5.73 Å². The largest absolute Gasteiger partial charge is 0.399 e. The number of anilines is 1. The van der Waals surface area contributed by atoms with Gasteiger partial charge in [-0.15, -0.1) is 0 Å². The fourth-order valence-corrected chi connectivity index (χ4v) is 2.93. The van der Waals surface area contributed by atoms with Crippen LogP contribution in [0.2, 0.25) is 0 Å². The topological polar surface area (TPSA) is 60.9 Å². The highest BCUT2D eigenvalue weighted by molar-refractivity contribution is 9.10. The first kappa shape index (κ1) is 15.3. The van der Waals surface area contributed by atoms with Crippen LogP contribution in [0.5, 0.6) is 0 Å². The Kier molecular flexibility index (Phi) is 4.65. The maximum Gasteiger partial charge on any atom is 0.170 e. The molecule has 2 N–H and O–H groups in total. The van der Waals surface area contributed by atoms with E-state index in [0.717, 1.165) is 26.9 Å². The molecule has 0 saturated heterocycles. The van der Waals surface area contributed by atoms with E-state index in [1.807, 2.05) is 18.5 Å². The Hall–Kier alpha value is -1.14. The van der Waals surface area contributed by atoms with Crippen molar-refractivity contribution in [3.05, 3.63) is 44.1 Å². The number of hydrogen-bond acceptors (Lipinski definition) is 3. The Bertz CT molecular complexity index is 665. The van der Waals surface area contributed by atoms with Crippen LogP contribution < -0.4 is 5.73 Å². The summed E-state index contributed by atoms with van der Waals surface area (Å²) in [5, 5.41) is 4.40. The van der Waals surface area contributed by atoms with Gasteiger partial charge in [-0.3, -0.25) is 9.48 Å². The number of carbonyl (C=O) groups excluding carboxylic acids is 1. The first-order valence-corrected chi connectivity index (χ1v) is 7.82. The Morgan fingerprint density at radius 1 is 1.40 bits per heavy atom. The normalized spacial score (nSPS) is 10.8. The average molecular weight is 401 g/mol. The van der Waals surface area contributed by atoms with E-state index in [9.17, 15) is 4.79 Å². The molecule has 0 atom stereocenters. The Morgan fingerprint density at radius 2 is 2.10 bits per heavy atom. The van der Waals surface area contributed by atoms with Gasteiger partial charge in [-0.2, -0.15) is 5.10 Å². The van der Waals surface area contributed by atoms with Crippen molar-refractivity contribution in [2.24, 2.45) is 0 Å². The van der Waals surface area contributed by atoms with E-state index in [2.05, 4.69) is 37.0 Å². The molecule has 0 aliphatic heterocycles. The summed E-state index contributed by atoms with van der Waals surface area (Å²) >= 11 is 6.90. The number of benzene rings is 1. The van der Waals surface area contributed by atoms with Crippen LogP contribution in [0.1, 0.15) is 28.7 Å². The van der Waals surface area contributed by atoms with E-state index >= 15 is 0 Å². The minimum Gasteiger partial charge on any atom is -0.399 e. The molecule has 0 saturated carbocycles. The quantitative estimate of drug-likeness (QED) is 0.628. The zero-order valence-electron chi connectivity index (χ0n) is 11.3. The van der Waals surface area contributed by atoms with E-state index in [0.29, 0.717) is 11.3 Å². The molecule has 1 aromatic heterocycles. The SMILES string of the molecule is CCn1nc(C)c(Br)c1CC(=O)c1cc(N)ccc1Br. The standard InChI is InChI=1S/C14H15Br2N3O/c1-3-19-12(14(16)8(2)18-19)7-13(20)10-6-9(17)4-5-11(10)15/h4-6H,3,7,17H2,1-2H3. The van der Waals surface area contributed by atoms with Crippen molar-refractivity contribution in [3.63, 3.8) is 0 Å². The zero-order valence-corrected chi connectivity index (χ0v) is 14.5. The number of nitrogen functional groups attached to an aromatic ring is 1. The molecule has 0 fully saturated rings. The summed E-state index contributed by atoms with van der Waals surface area (Å²) in [7, 11) is 0. The summed E-state index contributed by atoms with van der Waals surface area (Å²) in [6.07, 6.45) is 0.289. The molecule has 0 unspecified atom stereocenters. The third-order valence-corrected chi connectivity index (χ3v) is 4.79. The number of carbonyl (C=O) groups is 1. The summed E-state index contributed by atoms with van der Waals surface area (Å²) in [5.41, 5.74) is 8.71. The average Bonchev–Trinajstić information content (AvgIpc) is 2.69. The summed E-state index contributed by atoms with van der Waals surface area (Å²) in [4.78, 5) is 12.5. The Morgan fingerprint density at radius 3 is 2.75 bits per heavy atom. The number of Topliss-reactive ketones (excluding diaryl/α,β-unsaturated/α-hetero) is 1. The second-order valence-electron chi connectivity index (χ2n) is 4.50. The van der Waals surface area contributed by atoms with Crippen molar-refractivity contribution in [2.75, 3.05) is 5.73 Å². The van der Waals surface area contributed by atoms with Crippen LogP contribution in [0.25, 0.3) is 0 Å². The number of halogens is 2. The zero-order chi connectivity index (χ0) is 14.9. The molecule has 2 rings (SSSR count). The summed E-state index contributed by atoms with van der Waals surface area (Å²) in [5.74, 6) is 0.0134. The third-order valence-electron chi connectivity index (χ3n) is 3.07. The monoisotopic (exact) mass is 399 g/mol. The lowest BCUT2D eigenvalue weighted by Crippen LogP contribution is -2.11. The first-order chi connectivity index (χ1) is 9.43. The minimum atomic E-state index is 0.0134. The number of nitrogens with zero attached hydrogens (tertiary/aromatic N) is 2. The predicted molar refractivity (Wildman–Crippen MR) is 86.9 cm³/mol. The van der Waals surface area contributed by atoms with Gasteiger partial charge in [0.25, 0.3) is 0 Å². The molecular weight excluding hydrogens is 386 g/mol. The lowest BCUT2D eigenvalue weighted by molar-refractivity contribution is 0.0989. The van der Waals surface area contributed by atoms with Crippen LogP contribution in [-0.2, 0) is 13.0 Å². The predicted octanol–water partition coefficient (Wildman–Crippen LogP) is 3.74. The molecular formula is C14H15Br2N3O. The number of rotatable bonds is 4. The molecule has 4 nitrogen and oxygen atoms in total. The molecule has 0 aliphatic rings. The Labute approximate surface area is 134 Å². The van der Waals surface area contributed by atoms with Gasteiger partial charge in [-0.05, 0) is 48.0 Å². The van der Waals surface area contributed by atoms with Gasteiger partial charge in [0.2, 0.25) is 0 Å². The van der Waals surface area contributed by atoms with Gasteiger partial charge in [-0.25, -0.2) is 0 Å². The second-order valence-corrected chi connectivity index (χ2v) is 6.15. The van der Waals surface area contributed by atoms with Crippen LogP contribution >= 0.6 is 31.9 Å². The van der Waals surface area contributed by atoms with E-state index in [4.69, 9.17) is 5.73 Å². The number of nitrogens with two attached hydrogens (primary N) is 1. The Balaban J connectivity index is 2.35. The molecule has 0 aliphatic carbocycles. The van der Waals surface area contributed by atoms with E-state index in [-0.39, 0.29) is 12.2 Å². The van der Waals surface area contributed by atoms with Crippen molar-refractivity contribution in [1.82, 2.24) is 9.78 Å². The fourth-order valence-electron chi connectivity index (χ4n) is 2.04. The molecule has 2 aromatic rings. The molecule has 0 radical (unpaired) electrons. The van der Waals surface area contributed by atoms with Crippen molar-refractivity contribution in [3.8, 4) is 0 Å². The van der Waals surface area contributed by atoms with Gasteiger partial charge >= 0.3 is 0 Å². The van der Waals surface area contributed by atoms with Crippen molar-refractivity contribution in [2.45, 2.75) is 26.8 Å². The fraction of sp³-hybridized carbons (Fsp3) is 0.286. The van der Waals surface area contributed by atoms with Crippen LogP contribution in [0.15, 0.2) is 27.1 Å². The maximum absolute atomic E-state index is 12.5. The second kappa shape index (κ2) is 6.10. The molecule has 1 aromatic carbocycles. The molecule has 0 spiro atoms. The van der Waals surface area contributed by atoms with Crippen molar-refractivity contribution >= 4 is 43.3 Å².